The molecule has 1 aliphatic heterocycles. The molecular formula is C21H28N6O5. The lowest BCUT2D eigenvalue weighted by molar-refractivity contribution is -0.137. The molecular weight excluding hydrogens is 416 g/mol. The number of nitrogens with one attached hydrogen (secondary N) is 1. The smallest absolute Gasteiger partial charge is 0.252 e. The average Bonchev–Trinajstić information content (AvgIpc) is 3.28. The van der Waals surface area contributed by atoms with E-state index < -0.39 is 36.0 Å². The van der Waals surface area contributed by atoms with Crippen molar-refractivity contribution >= 4 is 22.9 Å². The maximum atomic E-state index is 12.2. The molecule has 0 radical (unpaired) electrons. The number of aliphatic hydroxyl groups is 3. The number of nitrogens with zero attached hydrogens (tertiary/aromatic N) is 4. The van der Waals surface area contributed by atoms with Crippen LogP contribution in [0, 0.1) is 17.8 Å². The second kappa shape index (κ2) is 8.63. The fourth-order valence-electron chi connectivity index (χ4n) is 4.37. The van der Waals surface area contributed by atoms with Gasteiger partial charge in [0.25, 0.3) is 5.91 Å². The first-order valence-electron chi connectivity index (χ1n) is 10.8. The molecule has 3 heterocycles. The van der Waals surface area contributed by atoms with Crippen molar-refractivity contribution in [2.75, 3.05) is 12.3 Å². The molecule has 1 amide bonds. The molecule has 6 N–H and O–H groups in total. The highest BCUT2D eigenvalue weighted by atomic mass is 16.6. The van der Waals surface area contributed by atoms with E-state index in [0.717, 1.165) is 12.8 Å². The summed E-state index contributed by atoms with van der Waals surface area (Å²) >= 11 is 0. The van der Waals surface area contributed by atoms with Crippen LogP contribution in [0.25, 0.3) is 11.2 Å². The van der Waals surface area contributed by atoms with E-state index >= 15 is 0 Å². The van der Waals surface area contributed by atoms with Crippen LogP contribution in [-0.2, 0) is 9.53 Å². The van der Waals surface area contributed by atoms with E-state index in [1.807, 2.05) is 0 Å². The van der Waals surface area contributed by atoms with Gasteiger partial charge < -0.3 is 31.1 Å². The van der Waals surface area contributed by atoms with Gasteiger partial charge in [0.2, 0.25) is 5.82 Å². The number of nitrogen functional groups attached to an aromatic ring is 1. The summed E-state index contributed by atoms with van der Waals surface area (Å²) in [5.41, 5.74) is 5.44. The molecule has 2 fully saturated rings. The van der Waals surface area contributed by atoms with E-state index in [9.17, 15) is 20.1 Å². The first-order valence-corrected chi connectivity index (χ1v) is 10.8. The predicted octanol–water partition coefficient (Wildman–Crippen LogP) is -0.543. The number of imidazole rings is 1. The van der Waals surface area contributed by atoms with E-state index in [4.69, 9.17) is 10.5 Å². The molecule has 32 heavy (non-hydrogen) atoms. The Bertz CT molecular complexity index is 1080. The summed E-state index contributed by atoms with van der Waals surface area (Å²) in [5, 5.41) is 34.1. The topological polar surface area (TPSA) is 169 Å². The largest absolute Gasteiger partial charge is 0.387 e. The minimum absolute atomic E-state index is 0.0790. The third-order valence-corrected chi connectivity index (χ3v) is 5.95. The van der Waals surface area contributed by atoms with Gasteiger partial charge in [-0.05, 0) is 38.0 Å². The molecule has 172 valence electrons. The zero-order valence-electron chi connectivity index (χ0n) is 18.0. The minimum Gasteiger partial charge on any atom is -0.387 e. The Kier molecular flexibility index (Phi) is 6.05. The van der Waals surface area contributed by atoms with Crippen LogP contribution in [0.15, 0.2) is 6.33 Å². The number of amides is 1. The molecule has 3 unspecified atom stereocenters. The third-order valence-electron chi connectivity index (χ3n) is 5.95. The van der Waals surface area contributed by atoms with Crippen LogP contribution >= 0.6 is 0 Å². The van der Waals surface area contributed by atoms with Gasteiger partial charge in [-0.25, -0.2) is 15.0 Å². The Labute approximate surface area is 185 Å². The van der Waals surface area contributed by atoms with Gasteiger partial charge in [0, 0.05) is 6.54 Å². The predicted molar refractivity (Wildman–Crippen MR) is 114 cm³/mol. The van der Waals surface area contributed by atoms with Crippen LogP contribution in [0.5, 0.6) is 0 Å². The molecule has 0 bridgehead atoms. The fourth-order valence-corrected chi connectivity index (χ4v) is 4.37. The quantitative estimate of drug-likeness (QED) is 0.390. The number of ether oxygens (including phenoxy) is 1. The second-order valence-corrected chi connectivity index (χ2v) is 8.56. The van der Waals surface area contributed by atoms with E-state index in [1.54, 1.807) is 6.92 Å². The summed E-state index contributed by atoms with van der Waals surface area (Å²) < 4.78 is 7.04. The number of anilines is 1. The normalized spacial score (nSPS) is 32.5. The van der Waals surface area contributed by atoms with Gasteiger partial charge in [-0.1, -0.05) is 19.3 Å². The summed E-state index contributed by atoms with van der Waals surface area (Å²) in [6, 6.07) is 0. The SMILES string of the molecule is CCNC(=O)[C@H]1O[C@@H](n2cnc3c(N)nc(C#CC4(O)CCCC(C)C4)nc32)[C@@H](O)C1O. The Morgan fingerprint density at radius 3 is 2.91 bits per heavy atom. The molecule has 4 rings (SSSR count). The van der Waals surface area contributed by atoms with E-state index in [0.29, 0.717) is 25.3 Å². The van der Waals surface area contributed by atoms with Crippen molar-refractivity contribution in [3.63, 3.8) is 0 Å². The zero-order chi connectivity index (χ0) is 23.0. The van der Waals surface area contributed by atoms with Crippen molar-refractivity contribution in [2.24, 2.45) is 5.92 Å². The molecule has 6 atom stereocenters. The van der Waals surface area contributed by atoms with Crippen molar-refractivity contribution < 1.29 is 24.9 Å². The molecule has 11 heteroatoms. The first kappa shape index (κ1) is 22.4. The Balaban J connectivity index is 1.66. The van der Waals surface area contributed by atoms with E-state index in [1.165, 1.54) is 10.9 Å². The fraction of sp³-hybridized carbons (Fsp3) is 0.619. The van der Waals surface area contributed by atoms with E-state index in [-0.39, 0.29) is 22.8 Å². The van der Waals surface area contributed by atoms with Crippen molar-refractivity contribution in [1.29, 1.82) is 0 Å². The number of hydrogen-bond acceptors (Lipinski definition) is 9. The van der Waals surface area contributed by atoms with E-state index in [2.05, 4.69) is 39.0 Å². The lowest BCUT2D eigenvalue weighted by Gasteiger charge is -2.30. The van der Waals surface area contributed by atoms with Crippen molar-refractivity contribution in [2.45, 2.75) is 69.7 Å². The van der Waals surface area contributed by atoms with Gasteiger partial charge >= 0.3 is 0 Å². The number of aliphatic hydroxyl groups excluding tert-OH is 2. The standard InChI is InChI=1S/C21H28N6O5/c1-3-23-19(30)16-14(28)15(29)20(32-16)27-10-24-13-17(22)25-12(26-18(13)27)6-8-21(31)7-4-5-11(2)9-21/h10-11,14-16,20,28-29,31H,3-5,7,9H2,1-2H3,(H,23,30)(H2,22,25,26)/t11?,14?,15-,16-,20+,21?/m0/s1. The molecule has 2 aliphatic rings. The third kappa shape index (κ3) is 4.14. The van der Waals surface area contributed by atoms with Crippen LogP contribution < -0.4 is 11.1 Å². The molecule has 11 nitrogen and oxygen atoms in total. The lowest BCUT2D eigenvalue weighted by Crippen LogP contribution is -2.42. The number of fused-ring (bicyclic) bond motifs is 1. The van der Waals surface area contributed by atoms with Crippen molar-refractivity contribution in [3.05, 3.63) is 12.2 Å². The van der Waals surface area contributed by atoms with Gasteiger partial charge in [-0.3, -0.25) is 9.36 Å². The monoisotopic (exact) mass is 444 g/mol. The molecule has 0 spiro atoms. The number of likely N-dealkylation sites (N-methyl/N-ethyl adjacent to an activating group) is 1. The maximum absolute atomic E-state index is 12.2. The zero-order valence-corrected chi connectivity index (χ0v) is 18.0. The minimum atomic E-state index is -1.43. The van der Waals surface area contributed by atoms with Crippen molar-refractivity contribution in [1.82, 2.24) is 24.8 Å². The van der Waals surface area contributed by atoms with Gasteiger partial charge in [0.1, 0.15) is 23.3 Å². The number of carbonyl (C=O) groups excluding carboxylic acids is 1. The highest BCUT2D eigenvalue weighted by Gasteiger charge is 2.47. The van der Waals surface area contributed by atoms with Gasteiger partial charge in [-0.15, -0.1) is 0 Å². The highest BCUT2D eigenvalue weighted by Crippen LogP contribution is 2.33. The molecule has 0 aromatic carbocycles. The van der Waals surface area contributed by atoms with Crippen LogP contribution in [0.1, 0.15) is 51.6 Å². The summed E-state index contributed by atoms with van der Waals surface area (Å²) in [7, 11) is 0. The molecule has 2 aromatic heterocycles. The Morgan fingerprint density at radius 2 is 2.19 bits per heavy atom. The number of carbonyl (C=O) groups is 1. The van der Waals surface area contributed by atoms with Gasteiger partial charge in [-0.2, -0.15) is 0 Å². The summed E-state index contributed by atoms with van der Waals surface area (Å²) in [5.74, 6) is 5.74. The average molecular weight is 444 g/mol. The Hall–Kier alpha value is -2.78. The second-order valence-electron chi connectivity index (χ2n) is 8.56. The van der Waals surface area contributed by atoms with Crippen LogP contribution in [0.4, 0.5) is 5.82 Å². The van der Waals surface area contributed by atoms with Crippen LogP contribution in [0.2, 0.25) is 0 Å². The number of aromatic nitrogens is 4. The molecule has 1 saturated carbocycles. The summed E-state index contributed by atoms with van der Waals surface area (Å²) in [4.78, 5) is 24.9. The molecule has 1 aliphatic carbocycles. The van der Waals surface area contributed by atoms with Gasteiger partial charge in [0.15, 0.2) is 23.8 Å². The Morgan fingerprint density at radius 1 is 1.41 bits per heavy atom. The van der Waals surface area contributed by atoms with Crippen molar-refractivity contribution in [3.8, 4) is 11.8 Å². The maximum Gasteiger partial charge on any atom is 0.252 e. The number of nitrogens with two attached hydrogens (primary N) is 1. The van der Waals surface area contributed by atoms with Crippen LogP contribution in [0.3, 0.4) is 0 Å². The highest BCUT2D eigenvalue weighted by molar-refractivity contribution is 5.83. The summed E-state index contributed by atoms with van der Waals surface area (Å²) in [6.45, 7) is 4.18. The number of rotatable bonds is 3. The first-order chi connectivity index (χ1) is 15.2. The molecule has 1 saturated heterocycles. The molecule has 2 aromatic rings. The number of hydrogen-bond donors (Lipinski definition) is 5. The van der Waals surface area contributed by atoms with Crippen LogP contribution in [-0.4, -0.2) is 71.2 Å². The summed E-state index contributed by atoms with van der Waals surface area (Å²) in [6.07, 6.45) is -0.699. The lowest BCUT2D eigenvalue weighted by atomic mass is 9.79. The van der Waals surface area contributed by atoms with Gasteiger partial charge in [0.05, 0.1) is 6.33 Å².